The molecule has 2 heterocycles. The van der Waals surface area contributed by atoms with Gasteiger partial charge in [-0.3, -0.25) is 4.79 Å². The van der Waals surface area contributed by atoms with Gasteiger partial charge in [-0.2, -0.15) is 0 Å². The summed E-state index contributed by atoms with van der Waals surface area (Å²) in [5.74, 6) is -0.943. The van der Waals surface area contributed by atoms with E-state index in [9.17, 15) is 18.0 Å². The molecule has 1 unspecified atom stereocenters. The van der Waals surface area contributed by atoms with Crippen molar-refractivity contribution in [3.63, 3.8) is 0 Å². The van der Waals surface area contributed by atoms with Gasteiger partial charge in [-0.25, -0.2) is 13.2 Å². The molecule has 2 aliphatic heterocycles. The van der Waals surface area contributed by atoms with Gasteiger partial charge >= 0.3 is 12.1 Å². The lowest BCUT2D eigenvalue weighted by atomic mass is 9.94. The van der Waals surface area contributed by atoms with E-state index in [2.05, 4.69) is 0 Å². The van der Waals surface area contributed by atoms with Gasteiger partial charge in [0, 0.05) is 19.5 Å². The van der Waals surface area contributed by atoms with E-state index >= 15 is 0 Å². The molecule has 0 aromatic heterocycles. The van der Waals surface area contributed by atoms with Gasteiger partial charge in [-0.15, -0.1) is 0 Å². The summed E-state index contributed by atoms with van der Waals surface area (Å²) in [7, 11) is -3.15. The van der Waals surface area contributed by atoms with Gasteiger partial charge in [0.15, 0.2) is 9.84 Å². The van der Waals surface area contributed by atoms with Crippen LogP contribution in [0.2, 0.25) is 0 Å². The highest BCUT2D eigenvalue weighted by Crippen LogP contribution is 2.33. The first-order valence-corrected chi connectivity index (χ1v) is 8.04. The maximum atomic E-state index is 11.8. The number of ether oxygens (including phenoxy) is 1. The molecular formula is C11H17NO6S. The molecule has 1 amide bonds. The lowest BCUT2D eigenvalue weighted by molar-refractivity contribution is -0.137. The van der Waals surface area contributed by atoms with Crippen LogP contribution in [0.3, 0.4) is 0 Å². The molecule has 0 aliphatic carbocycles. The maximum absolute atomic E-state index is 11.8. The number of hydrogen-bond donors (Lipinski definition) is 1. The molecule has 0 bridgehead atoms. The highest BCUT2D eigenvalue weighted by Gasteiger charge is 2.46. The van der Waals surface area contributed by atoms with E-state index in [0.29, 0.717) is 25.8 Å². The Morgan fingerprint density at radius 3 is 2.74 bits per heavy atom. The zero-order valence-corrected chi connectivity index (χ0v) is 11.3. The molecule has 8 heteroatoms. The van der Waals surface area contributed by atoms with E-state index in [1.807, 2.05) is 0 Å². The molecule has 0 aromatic carbocycles. The third-order valence-electron chi connectivity index (χ3n) is 3.57. The van der Waals surface area contributed by atoms with Crippen molar-refractivity contribution in [2.75, 3.05) is 24.6 Å². The number of sulfone groups is 1. The molecule has 19 heavy (non-hydrogen) atoms. The molecule has 108 valence electrons. The molecule has 0 saturated carbocycles. The average molecular weight is 291 g/mol. The van der Waals surface area contributed by atoms with E-state index in [1.165, 1.54) is 4.90 Å². The standard InChI is InChI=1S/C11H17NO6S/c13-9(14)2-5-12-6-4-11(18-10(12)15)3-1-7-19(16,17)8-11/h1-8H2,(H,13,14). The lowest BCUT2D eigenvalue weighted by Crippen LogP contribution is -2.55. The van der Waals surface area contributed by atoms with Crippen LogP contribution < -0.4 is 0 Å². The normalized spacial score (nSPS) is 30.1. The zero-order valence-electron chi connectivity index (χ0n) is 10.5. The van der Waals surface area contributed by atoms with Crippen molar-refractivity contribution >= 4 is 21.9 Å². The van der Waals surface area contributed by atoms with E-state index in [4.69, 9.17) is 9.84 Å². The Balaban J connectivity index is 1.99. The highest BCUT2D eigenvalue weighted by atomic mass is 32.2. The molecular weight excluding hydrogens is 274 g/mol. The molecule has 0 radical (unpaired) electrons. The molecule has 2 fully saturated rings. The second-order valence-electron chi connectivity index (χ2n) is 5.13. The van der Waals surface area contributed by atoms with Crippen LogP contribution in [0.5, 0.6) is 0 Å². The van der Waals surface area contributed by atoms with Crippen LogP contribution in [0.1, 0.15) is 25.7 Å². The van der Waals surface area contributed by atoms with Gasteiger partial charge in [0.25, 0.3) is 0 Å². The molecule has 0 aromatic rings. The van der Waals surface area contributed by atoms with Crippen molar-refractivity contribution in [1.82, 2.24) is 4.90 Å². The lowest BCUT2D eigenvalue weighted by Gasteiger charge is -2.42. The quantitative estimate of drug-likeness (QED) is 0.800. The third-order valence-corrected chi connectivity index (χ3v) is 5.44. The Hall–Kier alpha value is -1.31. The third kappa shape index (κ3) is 3.37. The minimum atomic E-state index is -3.15. The minimum Gasteiger partial charge on any atom is -0.481 e. The summed E-state index contributed by atoms with van der Waals surface area (Å²) in [6.07, 6.45) is 0.762. The molecule has 2 rings (SSSR count). The fourth-order valence-corrected chi connectivity index (χ4v) is 4.48. The van der Waals surface area contributed by atoms with Gasteiger partial charge in [0.2, 0.25) is 0 Å². The zero-order chi connectivity index (χ0) is 14.1. The van der Waals surface area contributed by atoms with Crippen molar-refractivity contribution in [1.29, 1.82) is 0 Å². The number of aliphatic carboxylic acids is 1. The summed E-state index contributed by atoms with van der Waals surface area (Å²) in [4.78, 5) is 23.6. The second-order valence-corrected chi connectivity index (χ2v) is 7.31. The first-order chi connectivity index (χ1) is 8.82. The largest absolute Gasteiger partial charge is 0.481 e. The number of carboxylic acid groups (broad SMARTS) is 1. The number of carboxylic acids is 1. The van der Waals surface area contributed by atoms with Gasteiger partial charge in [-0.1, -0.05) is 0 Å². The van der Waals surface area contributed by atoms with Gasteiger partial charge in [-0.05, 0) is 12.8 Å². The Labute approximate surface area is 111 Å². The molecule has 2 aliphatic rings. The van der Waals surface area contributed by atoms with Crippen LogP contribution in [0.25, 0.3) is 0 Å². The van der Waals surface area contributed by atoms with E-state index in [0.717, 1.165) is 0 Å². The Morgan fingerprint density at radius 1 is 1.42 bits per heavy atom. The van der Waals surface area contributed by atoms with Crippen molar-refractivity contribution < 1.29 is 27.9 Å². The monoisotopic (exact) mass is 291 g/mol. The highest BCUT2D eigenvalue weighted by molar-refractivity contribution is 7.91. The predicted octanol–water partition coefficient (Wildman–Crippen LogP) is 0.251. The Morgan fingerprint density at radius 2 is 2.16 bits per heavy atom. The summed E-state index contributed by atoms with van der Waals surface area (Å²) in [5.41, 5.74) is -0.895. The number of hydrogen-bond acceptors (Lipinski definition) is 5. The van der Waals surface area contributed by atoms with Crippen LogP contribution in [-0.4, -0.2) is 60.7 Å². The first-order valence-electron chi connectivity index (χ1n) is 6.22. The van der Waals surface area contributed by atoms with Crippen molar-refractivity contribution in [3.05, 3.63) is 0 Å². The van der Waals surface area contributed by atoms with Gasteiger partial charge in [0.05, 0.1) is 17.9 Å². The van der Waals surface area contributed by atoms with Crippen LogP contribution in [-0.2, 0) is 19.4 Å². The number of rotatable bonds is 3. The SMILES string of the molecule is O=C(O)CCN1CCC2(CCCS(=O)(=O)C2)OC1=O. The van der Waals surface area contributed by atoms with Crippen molar-refractivity contribution in [2.24, 2.45) is 0 Å². The van der Waals surface area contributed by atoms with E-state index in [-0.39, 0.29) is 24.5 Å². The van der Waals surface area contributed by atoms with E-state index in [1.54, 1.807) is 0 Å². The average Bonchev–Trinajstić information content (AvgIpc) is 2.26. The number of carbonyl (C=O) groups excluding carboxylic acids is 1. The Bertz CT molecular complexity index is 487. The number of carbonyl (C=O) groups is 2. The van der Waals surface area contributed by atoms with Gasteiger partial charge < -0.3 is 14.7 Å². The summed E-state index contributed by atoms with van der Waals surface area (Å²) >= 11 is 0. The van der Waals surface area contributed by atoms with Gasteiger partial charge in [0.1, 0.15) is 5.60 Å². The maximum Gasteiger partial charge on any atom is 0.410 e. The van der Waals surface area contributed by atoms with Crippen LogP contribution >= 0.6 is 0 Å². The fourth-order valence-electron chi connectivity index (χ4n) is 2.60. The number of nitrogens with zero attached hydrogens (tertiary/aromatic N) is 1. The summed E-state index contributed by atoms with van der Waals surface area (Å²) in [5, 5.41) is 8.58. The first kappa shape index (κ1) is 14.1. The second kappa shape index (κ2) is 4.99. The molecule has 1 N–H and O–H groups in total. The van der Waals surface area contributed by atoms with Crippen molar-refractivity contribution in [2.45, 2.75) is 31.3 Å². The van der Waals surface area contributed by atoms with Crippen LogP contribution in [0, 0.1) is 0 Å². The van der Waals surface area contributed by atoms with Crippen molar-refractivity contribution in [3.8, 4) is 0 Å². The van der Waals surface area contributed by atoms with Crippen LogP contribution in [0.15, 0.2) is 0 Å². The minimum absolute atomic E-state index is 0.0942. The predicted molar refractivity (Wildman–Crippen MR) is 65.5 cm³/mol. The van der Waals surface area contributed by atoms with E-state index < -0.39 is 27.5 Å². The molecule has 7 nitrogen and oxygen atoms in total. The molecule has 1 spiro atoms. The smallest absolute Gasteiger partial charge is 0.410 e. The van der Waals surface area contributed by atoms with Crippen LogP contribution in [0.4, 0.5) is 4.79 Å². The Kier molecular flexibility index (Phi) is 3.71. The summed E-state index contributed by atoms with van der Waals surface area (Å²) < 4.78 is 28.6. The number of amides is 1. The molecule has 2 saturated heterocycles. The molecule has 1 atom stereocenters. The topological polar surface area (TPSA) is 101 Å². The fraction of sp³-hybridized carbons (Fsp3) is 0.818. The summed E-state index contributed by atoms with van der Waals surface area (Å²) in [6.45, 7) is 0.443. The summed E-state index contributed by atoms with van der Waals surface area (Å²) in [6, 6.07) is 0.